The Kier molecular flexibility index (Phi) is 10.9. The molecule has 0 spiro atoms. The molecule has 1 aliphatic heterocycles. The maximum atomic E-state index is 13.9. The highest BCUT2D eigenvalue weighted by molar-refractivity contribution is 7.22. The Balaban J connectivity index is 1.16. The van der Waals surface area contributed by atoms with Gasteiger partial charge < -0.3 is 19.5 Å². The quantitative estimate of drug-likeness (QED) is 0.124. The highest BCUT2D eigenvalue weighted by Gasteiger charge is 2.28. The lowest BCUT2D eigenvalue weighted by molar-refractivity contribution is -0.137. The predicted octanol–water partition coefficient (Wildman–Crippen LogP) is 10.2. The number of ether oxygens (including phenoxy) is 2. The molecule has 56 heavy (non-hydrogen) atoms. The van der Waals surface area contributed by atoms with Gasteiger partial charge in [-0.3, -0.25) is 14.9 Å². The number of hydrogen-bond donors (Lipinski definition) is 2. The summed E-state index contributed by atoms with van der Waals surface area (Å²) in [5.41, 5.74) is 6.10. The first kappa shape index (κ1) is 38.2. The first-order valence-corrected chi connectivity index (χ1v) is 19.5. The first-order chi connectivity index (χ1) is 26.8. The van der Waals surface area contributed by atoms with Crippen molar-refractivity contribution in [3.05, 3.63) is 131 Å². The van der Waals surface area contributed by atoms with Gasteiger partial charge in [-0.25, -0.2) is 14.8 Å². The smallest absolute Gasteiger partial charge is 0.358 e. The number of carbonyl (C=O) groups is 3. The summed E-state index contributed by atoms with van der Waals surface area (Å²) < 4.78 is 13.2. The normalized spacial score (nSPS) is 13.2. The highest BCUT2D eigenvalue weighted by atomic mass is 32.1. The number of anilines is 2. The van der Waals surface area contributed by atoms with Gasteiger partial charge in [0.2, 0.25) is 0 Å². The van der Waals surface area contributed by atoms with Gasteiger partial charge in [0.25, 0.3) is 5.91 Å². The van der Waals surface area contributed by atoms with Crippen molar-refractivity contribution < 1.29 is 29.0 Å². The van der Waals surface area contributed by atoms with Crippen molar-refractivity contribution in [3.63, 3.8) is 0 Å². The van der Waals surface area contributed by atoms with Crippen molar-refractivity contribution in [2.45, 2.75) is 71.9 Å². The minimum Gasteiger partial charge on any atom is -0.481 e. The van der Waals surface area contributed by atoms with E-state index in [4.69, 9.17) is 19.6 Å². The van der Waals surface area contributed by atoms with E-state index in [1.807, 2.05) is 126 Å². The molecule has 4 aromatic carbocycles. The Morgan fingerprint density at radius 1 is 0.911 bits per heavy atom. The van der Waals surface area contributed by atoms with Crippen LogP contribution in [0.1, 0.15) is 89.6 Å². The third-order valence-electron chi connectivity index (χ3n) is 9.87. The maximum absolute atomic E-state index is 13.9. The highest BCUT2D eigenvalue weighted by Crippen LogP contribution is 2.37. The number of carboxylic acids is 1. The van der Waals surface area contributed by atoms with Crippen LogP contribution in [0, 0.1) is 6.92 Å². The number of aromatic nitrogens is 2. The van der Waals surface area contributed by atoms with Crippen LogP contribution in [0.3, 0.4) is 0 Å². The minimum atomic E-state index is -0.804. The van der Waals surface area contributed by atoms with Crippen molar-refractivity contribution in [3.8, 4) is 22.6 Å². The number of amides is 1. The molecule has 0 bridgehead atoms. The molecule has 0 unspecified atom stereocenters. The van der Waals surface area contributed by atoms with Crippen molar-refractivity contribution in [2.75, 3.05) is 16.8 Å². The molecule has 0 saturated heterocycles. The largest absolute Gasteiger partial charge is 0.481 e. The second-order valence-electron chi connectivity index (χ2n) is 15.1. The van der Waals surface area contributed by atoms with Gasteiger partial charge in [0.15, 0.2) is 10.8 Å². The molecule has 6 aromatic rings. The summed E-state index contributed by atoms with van der Waals surface area (Å²) in [4.78, 5) is 50.3. The standard InChI is InChI=1S/C45H44N4O6S/c1-27(16-23-40(50)51)29-17-19-31(20-18-29)54-37-14-9-11-32(28(37)2)33-21-22-39(47-41(33)43(53)55-45(3,4)5)49-25-24-30-10-8-12-34(35(30)26-49)42(52)48-44-46-36-13-6-7-15-38(36)56-44/h6-15,17-22,27H,16,23-26H2,1-5H3,(H,50,51)(H,46,48,52)/t27-/m1/s1. The fraction of sp³-hybridized carbons (Fsp3) is 0.267. The summed E-state index contributed by atoms with van der Waals surface area (Å²) in [6.45, 7) is 10.5. The molecule has 1 amide bonds. The van der Waals surface area contributed by atoms with E-state index in [0.717, 1.165) is 38.0 Å². The summed E-state index contributed by atoms with van der Waals surface area (Å²) in [6, 6.07) is 30.8. The zero-order valence-electron chi connectivity index (χ0n) is 32.1. The number of carbonyl (C=O) groups excluding carboxylic acids is 2. The van der Waals surface area contributed by atoms with Crippen LogP contribution in [0.2, 0.25) is 0 Å². The molecule has 0 aliphatic carbocycles. The van der Waals surface area contributed by atoms with Gasteiger partial charge in [0.1, 0.15) is 22.9 Å². The number of hydrogen-bond acceptors (Lipinski definition) is 9. The monoisotopic (exact) mass is 768 g/mol. The van der Waals surface area contributed by atoms with E-state index in [9.17, 15) is 14.4 Å². The summed E-state index contributed by atoms with van der Waals surface area (Å²) in [6.07, 6.45) is 1.37. The molecule has 10 nitrogen and oxygen atoms in total. The van der Waals surface area contributed by atoms with Crippen molar-refractivity contribution >= 4 is 50.3 Å². The molecule has 3 heterocycles. The van der Waals surface area contributed by atoms with Gasteiger partial charge >= 0.3 is 11.9 Å². The number of fused-ring (bicyclic) bond motifs is 2. The van der Waals surface area contributed by atoms with E-state index in [1.54, 1.807) is 0 Å². The number of benzene rings is 4. The third-order valence-corrected chi connectivity index (χ3v) is 10.8. The number of rotatable bonds is 11. The Bertz CT molecular complexity index is 2400. The molecule has 7 rings (SSSR count). The molecule has 0 fully saturated rings. The maximum Gasteiger partial charge on any atom is 0.358 e. The second kappa shape index (κ2) is 16.0. The van der Waals surface area contributed by atoms with E-state index in [-0.39, 0.29) is 23.9 Å². The molecule has 0 radical (unpaired) electrons. The lowest BCUT2D eigenvalue weighted by Gasteiger charge is -2.31. The van der Waals surface area contributed by atoms with Crippen LogP contribution in [0.15, 0.2) is 97.1 Å². The molecule has 2 N–H and O–H groups in total. The second-order valence-corrected chi connectivity index (χ2v) is 16.1. The van der Waals surface area contributed by atoms with E-state index < -0.39 is 17.5 Å². The molecule has 2 aromatic heterocycles. The van der Waals surface area contributed by atoms with Crippen LogP contribution >= 0.6 is 11.3 Å². The molecule has 11 heteroatoms. The van der Waals surface area contributed by atoms with Crippen molar-refractivity contribution in [2.24, 2.45) is 0 Å². The molecular weight excluding hydrogens is 725 g/mol. The third kappa shape index (κ3) is 8.58. The Morgan fingerprint density at radius 3 is 2.43 bits per heavy atom. The summed E-state index contributed by atoms with van der Waals surface area (Å²) in [7, 11) is 0. The zero-order chi connectivity index (χ0) is 39.6. The zero-order valence-corrected chi connectivity index (χ0v) is 32.9. The average Bonchev–Trinajstić information content (AvgIpc) is 3.59. The Morgan fingerprint density at radius 2 is 1.68 bits per heavy atom. The summed E-state index contributed by atoms with van der Waals surface area (Å²) in [5.74, 6) is 0.394. The SMILES string of the molecule is Cc1c(Oc2ccc([C@H](C)CCC(=O)O)cc2)cccc1-c1ccc(N2CCc3cccc(C(=O)Nc4nc5ccccc5s4)c3C2)nc1C(=O)OC(C)(C)C. The molecule has 1 atom stereocenters. The molecule has 1 aliphatic rings. The van der Waals surface area contributed by atoms with Crippen LogP contribution in [-0.2, 0) is 22.5 Å². The van der Waals surface area contributed by atoms with Gasteiger partial charge in [-0.1, -0.05) is 66.8 Å². The predicted molar refractivity (Wildman–Crippen MR) is 220 cm³/mol. The van der Waals surface area contributed by atoms with Crippen LogP contribution in [0.25, 0.3) is 21.3 Å². The number of thiazole rings is 1. The van der Waals surface area contributed by atoms with Crippen molar-refractivity contribution in [1.29, 1.82) is 0 Å². The van der Waals surface area contributed by atoms with E-state index in [0.29, 0.717) is 59.5 Å². The van der Waals surface area contributed by atoms with E-state index in [2.05, 4.69) is 21.3 Å². The van der Waals surface area contributed by atoms with Gasteiger partial charge in [-0.2, -0.15) is 0 Å². The lowest BCUT2D eigenvalue weighted by Crippen LogP contribution is -2.33. The van der Waals surface area contributed by atoms with Crippen LogP contribution in [0.5, 0.6) is 11.5 Å². The van der Waals surface area contributed by atoms with Gasteiger partial charge in [-0.05, 0) is 123 Å². The number of para-hydroxylation sites is 1. The summed E-state index contributed by atoms with van der Waals surface area (Å²) in [5, 5.41) is 12.6. The van der Waals surface area contributed by atoms with Crippen molar-refractivity contribution in [1.82, 2.24) is 9.97 Å². The van der Waals surface area contributed by atoms with Crippen LogP contribution < -0.4 is 15.0 Å². The van der Waals surface area contributed by atoms with Gasteiger partial charge in [-0.15, -0.1) is 0 Å². The number of esters is 1. The number of nitrogens with one attached hydrogen (secondary N) is 1. The van der Waals surface area contributed by atoms with Crippen LogP contribution in [-0.4, -0.2) is 45.1 Å². The van der Waals surface area contributed by atoms with Gasteiger partial charge in [0.05, 0.1) is 10.2 Å². The topological polar surface area (TPSA) is 131 Å². The van der Waals surface area contributed by atoms with Crippen LogP contribution in [0.4, 0.5) is 10.9 Å². The fourth-order valence-electron chi connectivity index (χ4n) is 6.92. The number of pyridine rings is 1. The van der Waals surface area contributed by atoms with Gasteiger partial charge in [0, 0.05) is 30.6 Å². The lowest BCUT2D eigenvalue weighted by atomic mass is 9.94. The first-order valence-electron chi connectivity index (χ1n) is 18.7. The Labute approximate surface area is 330 Å². The van der Waals surface area contributed by atoms with E-state index in [1.165, 1.54) is 11.3 Å². The Hall–Kier alpha value is -6.07. The minimum absolute atomic E-state index is 0.100. The summed E-state index contributed by atoms with van der Waals surface area (Å²) >= 11 is 1.44. The number of aliphatic carboxylic acids is 1. The van der Waals surface area contributed by atoms with E-state index >= 15 is 0 Å². The molecule has 0 saturated carbocycles. The molecule has 286 valence electrons. The number of carboxylic acid groups (broad SMARTS) is 1. The average molecular weight is 769 g/mol. The number of nitrogens with zero attached hydrogens (tertiary/aromatic N) is 3. The molecular formula is C45H44N4O6S. The fourth-order valence-corrected chi connectivity index (χ4v) is 7.78.